The molecule has 3 aliphatic rings. The monoisotopic (exact) mass is 1110 g/mol. The Bertz CT molecular complexity index is 3170. The van der Waals surface area contributed by atoms with Crippen LogP contribution in [0.3, 0.4) is 0 Å². The first-order valence-electron chi connectivity index (χ1n) is 20.3. The van der Waals surface area contributed by atoms with Gasteiger partial charge in [0, 0.05) is 53.0 Å². The number of halogens is 2. The molecule has 343 valence electrons. The molecule has 0 fully saturated rings. The molecule has 0 atom stereocenters. The molecule has 2 amide bonds. The molecule has 0 bridgehead atoms. The topological polar surface area (TPSA) is 214 Å². The first-order valence-corrected chi connectivity index (χ1v) is 24.2. The van der Waals surface area contributed by atoms with Gasteiger partial charge < -0.3 is 14.7 Å². The van der Waals surface area contributed by atoms with Crippen LogP contribution >= 0.6 is 38.3 Å². The number of esters is 4. The molecular formula is C49H39B2BrIN2O12S. The molecule has 6 aromatic rings. The molecule has 9 rings (SSSR count). The zero-order chi connectivity index (χ0) is 49.0. The number of amides is 2. The van der Waals surface area contributed by atoms with E-state index in [4.69, 9.17) is 9.94 Å². The maximum Gasteiger partial charge on any atom is 0.346 e. The molecule has 5 radical (unpaired) electrons. The van der Waals surface area contributed by atoms with Crippen LogP contribution in [0, 0.1) is 23.7 Å². The molecule has 0 saturated carbocycles. The fourth-order valence-electron chi connectivity index (χ4n) is 7.19. The Morgan fingerprint density at radius 2 is 0.956 bits per heavy atom. The van der Waals surface area contributed by atoms with Gasteiger partial charge in [0.05, 0.1) is 39.6 Å². The van der Waals surface area contributed by atoms with Crippen molar-refractivity contribution in [2.45, 2.75) is 52.4 Å². The molecular weight excluding hydrogens is 1070 g/mol. The molecule has 19 heteroatoms. The van der Waals surface area contributed by atoms with Crippen LogP contribution in [-0.4, -0.2) is 74.8 Å². The number of benzene rings is 6. The summed E-state index contributed by atoms with van der Waals surface area (Å²) < 4.78 is 37.6. The van der Waals surface area contributed by atoms with Crippen molar-refractivity contribution in [2.75, 3.05) is 6.26 Å². The van der Waals surface area contributed by atoms with Gasteiger partial charge >= 0.3 is 23.9 Å². The highest BCUT2D eigenvalue weighted by atomic mass is 127. The summed E-state index contributed by atoms with van der Waals surface area (Å²) in [7, 11) is -4.02. The predicted molar refractivity (Wildman–Crippen MR) is 270 cm³/mol. The van der Waals surface area contributed by atoms with Gasteiger partial charge in [-0.2, -0.15) is 30.8 Å². The number of unbranched alkanes of at least 4 members (excludes halogenated alkanes) is 4. The third-order valence-corrected chi connectivity index (χ3v) is 11.2. The summed E-state index contributed by atoms with van der Waals surface area (Å²) in [6.07, 6.45) is 6.63. The lowest BCUT2D eigenvalue weighted by Gasteiger charge is -2.25. The average Bonchev–Trinajstić information content (AvgIpc) is 3.33. The number of hydrogen-bond donors (Lipinski definition) is 2. The Hall–Kier alpha value is -6.19. The molecule has 3 aliphatic heterocycles. The zero-order valence-corrected chi connectivity index (χ0v) is 41.2. The quantitative estimate of drug-likeness (QED) is 0.0233. The van der Waals surface area contributed by atoms with Gasteiger partial charge in [0.1, 0.15) is 0 Å². The summed E-state index contributed by atoms with van der Waals surface area (Å²) in [5, 5.41) is 10.9. The lowest BCUT2D eigenvalue weighted by molar-refractivity contribution is -0.0150. The highest BCUT2D eigenvalue weighted by Crippen LogP contribution is 2.35. The lowest BCUT2D eigenvalue weighted by Crippen LogP contribution is -2.41. The number of imide groups is 1. The minimum atomic E-state index is -4.02. The maximum absolute atomic E-state index is 12.6. The van der Waals surface area contributed by atoms with Gasteiger partial charge in [-0.25, -0.2) is 25.1 Å². The van der Waals surface area contributed by atoms with Crippen LogP contribution in [0.4, 0.5) is 0 Å². The summed E-state index contributed by atoms with van der Waals surface area (Å²) >= 11 is 5.04. The Morgan fingerprint density at radius 3 is 1.40 bits per heavy atom. The van der Waals surface area contributed by atoms with Crippen LogP contribution in [0.5, 0.6) is 0 Å². The second-order valence-corrected chi connectivity index (χ2v) is 16.9. The van der Waals surface area contributed by atoms with Gasteiger partial charge in [-0.05, 0) is 83.6 Å². The van der Waals surface area contributed by atoms with E-state index in [1.54, 1.807) is 89.1 Å². The zero-order valence-electron chi connectivity index (χ0n) is 36.7. The Labute approximate surface area is 417 Å². The molecule has 3 heterocycles. The molecule has 0 aliphatic carbocycles. The SMILES string of the molecule is CCCCC#Cc1ccc2c3c(cccc13)C(=O)N(OS(C)(=O)=O)C2=O.CCCCC#Cc1ccc2c3c(cccc13)C(=O)OC2=O.NO.O=C1OC(=O)c2ccc(Br)c3cccc1c23.[B].[B]I. The molecule has 14 nitrogen and oxygen atoms in total. The molecule has 0 saturated heterocycles. The molecule has 0 aromatic heterocycles. The Balaban J connectivity index is 0.000000218. The van der Waals surface area contributed by atoms with Gasteiger partial charge in [-0.1, -0.05) is 103 Å². The van der Waals surface area contributed by atoms with Crippen molar-refractivity contribution < 1.29 is 56.1 Å². The van der Waals surface area contributed by atoms with E-state index in [1.807, 2.05) is 18.2 Å². The first-order chi connectivity index (χ1) is 32.2. The van der Waals surface area contributed by atoms with E-state index in [0.717, 1.165) is 71.2 Å². The van der Waals surface area contributed by atoms with E-state index in [1.165, 1.54) is 6.07 Å². The average molecular weight is 1110 g/mol. The number of cyclic esters (lactones) is 4. The lowest BCUT2D eigenvalue weighted by atomic mass is 9.92. The van der Waals surface area contributed by atoms with Crippen molar-refractivity contribution in [1.82, 2.24) is 5.06 Å². The van der Waals surface area contributed by atoms with E-state index in [0.29, 0.717) is 48.9 Å². The smallest absolute Gasteiger partial charge is 0.346 e. The van der Waals surface area contributed by atoms with Crippen molar-refractivity contribution in [1.29, 1.82) is 0 Å². The predicted octanol–water partition coefficient (Wildman–Crippen LogP) is 8.93. The third-order valence-electron chi connectivity index (χ3n) is 10.1. The Kier molecular flexibility index (Phi) is 19.8. The van der Waals surface area contributed by atoms with Crippen LogP contribution < -0.4 is 5.90 Å². The third kappa shape index (κ3) is 11.9. The number of ether oxygens (including phenoxy) is 2. The van der Waals surface area contributed by atoms with E-state index in [9.17, 15) is 37.2 Å². The summed E-state index contributed by atoms with van der Waals surface area (Å²) in [6.45, 7) is 4.22. The number of hydrogen-bond acceptors (Lipinski definition) is 13. The van der Waals surface area contributed by atoms with Crippen LogP contribution in [0.1, 0.15) is 126 Å². The molecule has 68 heavy (non-hydrogen) atoms. The van der Waals surface area contributed by atoms with E-state index >= 15 is 0 Å². The van der Waals surface area contributed by atoms with Crippen LogP contribution in [0.25, 0.3) is 32.3 Å². The normalized spacial score (nSPS) is 12.7. The second kappa shape index (κ2) is 24.7. The number of hydroxylamine groups is 2. The van der Waals surface area contributed by atoms with Gasteiger partial charge in [0.2, 0.25) is 0 Å². The van der Waals surface area contributed by atoms with Crippen molar-refractivity contribution in [3.05, 3.63) is 140 Å². The van der Waals surface area contributed by atoms with E-state index in [-0.39, 0.29) is 19.5 Å². The van der Waals surface area contributed by atoms with Gasteiger partial charge in [-0.3, -0.25) is 9.59 Å². The van der Waals surface area contributed by atoms with E-state index in [2.05, 4.69) is 74.1 Å². The standard InChI is InChI=1S/C19H17NO5S.C18H14O3.C12H5BrO3.BI.B.H3NO/c1-3-4-5-6-8-13-11-12-16-17-14(13)9-7-10-15(17)18(21)20(19(16)22)25-26(2,23)24;1-2-3-4-5-7-12-10-11-15-16-13(12)8-6-9-14(16)17(19)21-18(15)20;13-9-5-4-8-10-6(9)2-1-3-7(10)11(14)16-12(8)15;1-2;;1-2/h7,9-12H,3-5H2,1-2H3;6,8-11H,2-4H2,1H3;1-5H;;;2H,1H2. The number of carbonyl (C=O) groups is 6. The molecule has 0 unspecified atom stereocenters. The summed E-state index contributed by atoms with van der Waals surface area (Å²) in [4.78, 5) is 71.9. The van der Waals surface area contributed by atoms with Crippen molar-refractivity contribution in [3.8, 4) is 23.7 Å². The summed E-state index contributed by atoms with van der Waals surface area (Å²) in [6, 6.07) is 25.8. The highest BCUT2D eigenvalue weighted by molar-refractivity contribution is 14.1. The van der Waals surface area contributed by atoms with Crippen LogP contribution in [0.15, 0.2) is 95.5 Å². The largest absolute Gasteiger partial charge is 0.386 e. The summed E-state index contributed by atoms with van der Waals surface area (Å²) in [5.74, 6) is 12.0. The number of nitrogens with zero attached hydrogens (tertiary/aromatic N) is 1. The number of carbonyl (C=O) groups excluding carboxylic acids is 6. The minimum Gasteiger partial charge on any atom is -0.386 e. The van der Waals surface area contributed by atoms with Gasteiger partial charge in [0.25, 0.3) is 21.9 Å². The van der Waals surface area contributed by atoms with Crippen LogP contribution in [0.2, 0.25) is 0 Å². The fourth-order valence-corrected chi connectivity index (χ4v) is 8.06. The molecule has 6 aromatic carbocycles. The van der Waals surface area contributed by atoms with Crippen molar-refractivity contribution in [2.24, 2.45) is 5.90 Å². The second-order valence-electron chi connectivity index (χ2n) is 14.4. The van der Waals surface area contributed by atoms with Crippen LogP contribution in [-0.2, 0) is 23.9 Å². The van der Waals surface area contributed by atoms with Crippen molar-refractivity contribution in [3.63, 3.8) is 0 Å². The maximum atomic E-state index is 12.6. The van der Waals surface area contributed by atoms with Gasteiger partial charge in [-0.15, -0.1) is 9.35 Å². The fraction of sp³-hybridized carbons (Fsp3) is 0.184. The first kappa shape index (κ1) is 54.4. The molecule has 0 spiro atoms. The summed E-state index contributed by atoms with van der Waals surface area (Å²) in [5.41, 5.74) is 8.18. The number of rotatable bonds is 6. The Morgan fingerprint density at radius 1 is 0.603 bits per heavy atom. The highest BCUT2D eigenvalue weighted by Gasteiger charge is 2.37. The minimum absolute atomic E-state index is 0. The van der Waals surface area contributed by atoms with Crippen molar-refractivity contribution >= 4 is 131 Å². The molecule has 3 N–H and O–H groups in total. The van der Waals surface area contributed by atoms with E-state index < -0.39 is 45.8 Å². The number of nitrogens with two attached hydrogens (primary N) is 1. The van der Waals surface area contributed by atoms with Gasteiger partial charge in [0.15, 0.2) is 5.70 Å².